The molecular weight excluding hydrogens is 248 g/mol. The minimum absolute atomic E-state index is 0.00176. The highest BCUT2D eigenvalue weighted by Crippen LogP contribution is 2.15. The molecule has 96 valence electrons. The van der Waals surface area contributed by atoms with Crippen LogP contribution in [0.15, 0.2) is 9.64 Å². The van der Waals surface area contributed by atoms with Gasteiger partial charge in [0.2, 0.25) is 0 Å². The summed E-state index contributed by atoms with van der Waals surface area (Å²) in [4.78, 5) is 11.2. The van der Waals surface area contributed by atoms with Gasteiger partial charge >= 0.3 is 11.9 Å². The van der Waals surface area contributed by atoms with Crippen molar-refractivity contribution < 1.29 is 23.8 Å². The van der Waals surface area contributed by atoms with Gasteiger partial charge in [-0.05, 0) is 6.92 Å². The van der Waals surface area contributed by atoms with Crippen LogP contribution in [0.2, 0.25) is 0 Å². The van der Waals surface area contributed by atoms with Crippen LogP contribution in [-0.2, 0) is 9.47 Å². The van der Waals surface area contributed by atoms with Gasteiger partial charge < -0.3 is 19.0 Å². The number of esters is 1. The maximum absolute atomic E-state index is 11.2. The van der Waals surface area contributed by atoms with Crippen molar-refractivity contribution in [1.82, 2.24) is 10.2 Å². The predicted octanol–water partition coefficient (Wildman–Crippen LogP) is 0.347. The zero-order valence-corrected chi connectivity index (χ0v) is 10.2. The molecule has 17 heavy (non-hydrogen) atoms. The molecule has 8 heteroatoms. The Morgan fingerprint density at radius 2 is 2.29 bits per heavy atom. The van der Waals surface area contributed by atoms with Gasteiger partial charge in [0.15, 0.2) is 0 Å². The molecule has 0 fully saturated rings. The number of aromatic nitrogens is 2. The summed E-state index contributed by atoms with van der Waals surface area (Å²) in [5, 5.41) is 16.0. The van der Waals surface area contributed by atoms with Crippen LogP contribution < -0.4 is 0 Å². The average molecular weight is 262 g/mol. The number of ether oxygens (including phenoxy) is 2. The van der Waals surface area contributed by atoms with Crippen LogP contribution in [0.1, 0.15) is 17.6 Å². The summed E-state index contributed by atoms with van der Waals surface area (Å²) in [6.45, 7) is 2.72. The van der Waals surface area contributed by atoms with Gasteiger partial charge in [0.05, 0.1) is 26.4 Å². The highest BCUT2D eigenvalue weighted by atomic mass is 32.2. The molecule has 0 amide bonds. The van der Waals surface area contributed by atoms with Crippen LogP contribution in [0.4, 0.5) is 0 Å². The monoisotopic (exact) mass is 262 g/mol. The highest BCUT2D eigenvalue weighted by Gasteiger charge is 2.15. The molecule has 0 saturated heterocycles. The number of hydrogen-bond acceptors (Lipinski definition) is 8. The largest absolute Gasteiger partial charge is 0.459 e. The predicted molar refractivity (Wildman–Crippen MR) is 58.9 cm³/mol. The fraction of sp³-hybridized carbons (Fsp3) is 0.667. The number of nitrogens with zero attached hydrogens (tertiary/aromatic N) is 2. The van der Waals surface area contributed by atoms with Crippen LogP contribution in [0.5, 0.6) is 0 Å². The molecule has 1 rings (SSSR count). The van der Waals surface area contributed by atoms with E-state index in [-0.39, 0.29) is 19.1 Å². The van der Waals surface area contributed by atoms with Crippen LogP contribution in [0, 0.1) is 0 Å². The van der Waals surface area contributed by atoms with E-state index in [1.54, 1.807) is 6.92 Å². The number of hydrogen-bond donors (Lipinski definition) is 1. The molecule has 0 saturated carbocycles. The van der Waals surface area contributed by atoms with E-state index in [9.17, 15) is 4.79 Å². The van der Waals surface area contributed by atoms with Gasteiger partial charge in [-0.3, -0.25) is 0 Å². The molecular formula is C9H14N2O5S. The third kappa shape index (κ3) is 5.16. The molecule has 0 aromatic carbocycles. The Balaban J connectivity index is 2.28. The molecule has 0 aliphatic carbocycles. The lowest BCUT2D eigenvalue weighted by atomic mass is 10.7. The minimum Gasteiger partial charge on any atom is -0.459 e. The molecule has 1 heterocycles. The fourth-order valence-corrected chi connectivity index (χ4v) is 1.51. The van der Waals surface area contributed by atoms with E-state index < -0.39 is 5.97 Å². The van der Waals surface area contributed by atoms with E-state index in [0.717, 1.165) is 0 Å². The van der Waals surface area contributed by atoms with Gasteiger partial charge in [0.1, 0.15) is 0 Å². The summed E-state index contributed by atoms with van der Waals surface area (Å²) in [6, 6.07) is 0. The van der Waals surface area contributed by atoms with E-state index in [4.69, 9.17) is 19.0 Å². The highest BCUT2D eigenvalue weighted by molar-refractivity contribution is 7.99. The van der Waals surface area contributed by atoms with Gasteiger partial charge in [-0.2, -0.15) is 0 Å². The maximum atomic E-state index is 11.2. The van der Waals surface area contributed by atoms with Gasteiger partial charge in [-0.1, -0.05) is 16.9 Å². The summed E-state index contributed by atoms with van der Waals surface area (Å²) in [5.41, 5.74) is 0. The summed E-state index contributed by atoms with van der Waals surface area (Å²) >= 11 is 1.27. The number of carbonyl (C=O) groups is 1. The molecule has 0 radical (unpaired) electrons. The van der Waals surface area contributed by atoms with Gasteiger partial charge in [-0.15, -0.1) is 5.10 Å². The second kappa shape index (κ2) is 8.04. The van der Waals surface area contributed by atoms with Crippen molar-refractivity contribution >= 4 is 17.7 Å². The molecule has 0 aliphatic heterocycles. The molecule has 0 bridgehead atoms. The zero-order chi connectivity index (χ0) is 12.5. The fourth-order valence-electron chi connectivity index (χ4n) is 0.898. The molecule has 1 aromatic heterocycles. The number of aliphatic hydroxyl groups is 1. The third-order valence-corrected chi connectivity index (χ3v) is 2.33. The first-order valence-electron chi connectivity index (χ1n) is 5.10. The summed E-state index contributed by atoms with van der Waals surface area (Å²) in [5.74, 6) is -0.168. The Labute approximate surface area is 102 Å². The average Bonchev–Trinajstić information content (AvgIpc) is 2.78. The van der Waals surface area contributed by atoms with E-state index in [1.807, 2.05) is 0 Å². The number of aliphatic hydroxyl groups excluding tert-OH is 1. The number of thioether (sulfide) groups is 1. The van der Waals surface area contributed by atoms with Crippen LogP contribution >= 0.6 is 11.8 Å². The van der Waals surface area contributed by atoms with Crippen LogP contribution in [-0.4, -0.2) is 53.5 Å². The Bertz CT molecular complexity index is 344. The smallest absolute Gasteiger partial charge is 0.396 e. The molecule has 7 nitrogen and oxygen atoms in total. The van der Waals surface area contributed by atoms with E-state index in [1.165, 1.54) is 11.8 Å². The molecule has 0 atom stereocenters. The van der Waals surface area contributed by atoms with Crippen molar-refractivity contribution in [3.05, 3.63) is 5.89 Å². The molecule has 1 N–H and O–H groups in total. The Hall–Kier alpha value is -1.12. The van der Waals surface area contributed by atoms with Crippen LogP contribution in [0.25, 0.3) is 0 Å². The second-order valence-corrected chi connectivity index (χ2v) is 3.82. The number of carbonyl (C=O) groups excluding carboxylic acids is 1. The van der Waals surface area contributed by atoms with E-state index in [2.05, 4.69) is 10.2 Å². The topological polar surface area (TPSA) is 94.7 Å². The Morgan fingerprint density at radius 1 is 1.47 bits per heavy atom. The van der Waals surface area contributed by atoms with Gasteiger partial charge in [0, 0.05) is 5.75 Å². The lowest BCUT2D eigenvalue weighted by Crippen LogP contribution is -2.04. The summed E-state index contributed by atoms with van der Waals surface area (Å²) in [7, 11) is 0. The standard InChI is InChI=1S/C9H14N2O5S/c1-2-15-8(13)7-10-11-9(16-7)17-6-5-14-4-3-12/h12H,2-6H2,1H3. The third-order valence-electron chi connectivity index (χ3n) is 1.55. The SMILES string of the molecule is CCOC(=O)c1nnc(SCCOCCO)o1. The quantitative estimate of drug-likeness (QED) is 0.407. The summed E-state index contributed by atoms with van der Waals surface area (Å²) in [6.07, 6.45) is 0. The zero-order valence-electron chi connectivity index (χ0n) is 9.42. The molecule has 0 aliphatic rings. The molecule has 1 aromatic rings. The van der Waals surface area contributed by atoms with Gasteiger partial charge in [-0.25, -0.2) is 4.79 Å². The lowest BCUT2D eigenvalue weighted by Gasteiger charge is -1.98. The summed E-state index contributed by atoms with van der Waals surface area (Å²) < 4.78 is 14.8. The van der Waals surface area contributed by atoms with Crippen LogP contribution in [0.3, 0.4) is 0 Å². The van der Waals surface area contributed by atoms with Gasteiger partial charge in [0.25, 0.3) is 5.22 Å². The molecule has 0 spiro atoms. The number of rotatable bonds is 8. The Morgan fingerprint density at radius 3 is 3.00 bits per heavy atom. The minimum atomic E-state index is -0.622. The van der Waals surface area contributed by atoms with Crippen molar-refractivity contribution in [2.75, 3.05) is 32.2 Å². The first kappa shape index (κ1) is 13.9. The van der Waals surface area contributed by atoms with Crippen molar-refractivity contribution in [3.63, 3.8) is 0 Å². The van der Waals surface area contributed by atoms with E-state index >= 15 is 0 Å². The van der Waals surface area contributed by atoms with Crippen molar-refractivity contribution in [1.29, 1.82) is 0 Å². The van der Waals surface area contributed by atoms with Crippen molar-refractivity contribution in [3.8, 4) is 0 Å². The first-order chi connectivity index (χ1) is 8.27. The normalized spacial score (nSPS) is 10.5. The van der Waals surface area contributed by atoms with Crippen molar-refractivity contribution in [2.24, 2.45) is 0 Å². The first-order valence-corrected chi connectivity index (χ1v) is 6.08. The maximum Gasteiger partial charge on any atom is 0.396 e. The lowest BCUT2D eigenvalue weighted by molar-refractivity contribution is 0.0475. The van der Waals surface area contributed by atoms with E-state index in [0.29, 0.717) is 24.2 Å². The van der Waals surface area contributed by atoms with Crippen molar-refractivity contribution in [2.45, 2.75) is 12.1 Å². The Kier molecular flexibility index (Phi) is 6.60. The second-order valence-electron chi connectivity index (χ2n) is 2.78. The molecule has 0 unspecified atom stereocenters.